The van der Waals surface area contributed by atoms with Crippen molar-refractivity contribution in [3.63, 3.8) is 0 Å². The van der Waals surface area contributed by atoms with Crippen molar-refractivity contribution in [1.29, 1.82) is 0 Å². The SMILES string of the molecule is CC(=O)c1ccc(O)c(CN(C)C(C)C(C)C)c1. The second kappa shape index (κ2) is 6.01. The summed E-state index contributed by atoms with van der Waals surface area (Å²) >= 11 is 0. The maximum absolute atomic E-state index is 11.3. The molecule has 1 atom stereocenters. The topological polar surface area (TPSA) is 40.5 Å². The Bertz CT molecular complexity index is 427. The summed E-state index contributed by atoms with van der Waals surface area (Å²) in [5.74, 6) is 0.826. The van der Waals surface area contributed by atoms with Gasteiger partial charge in [0.15, 0.2) is 5.78 Å². The van der Waals surface area contributed by atoms with Gasteiger partial charge in [0.25, 0.3) is 0 Å². The second-order valence-electron chi connectivity index (χ2n) is 5.30. The highest BCUT2D eigenvalue weighted by Crippen LogP contribution is 2.22. The number of phenolic OH excluding ortho intramolecular Hbond substituents is 1. The molecule has 0 aliphatic heterocycles. The van der Waals surface area contributed by atoms with Gasteiger partial charge in [0.1, 0.15) is 5.75 Å². The van der Waals surface area contributed by atoms with Gasteiger partial charge in [-0.15, -0.1) is 0 Å². The predicted molar refractivity (Wildman–Crippen MR) is 73.9 cm³/mol. The molecule has 0 saturated heterocycles. The number of phenols is 1. The van der Waals surface area contributed by atoms with E-state index in [2.05, 4.69) is 25.7 Å². The average Bonchev–Trinajstić information content (AvgIpc) is 2.30. The molecule has 3 heteroatoms. The molecule has 1 rings (SSSR count). The number of nitrogens with zero attached hydrogens (tertiary/aromatic N) is 1. The summed E-state index contributed by atoms with van der Waals surface area (Å²) in [6, 6.07) is 5.46. The Labute approximate surface area is 109 Å². The molecule has 0 bridgehead atoms. The predicted octanol–water partition coefficient (Wildman–Crippen LogP) is 3.07. The first kappa shape index (κ1) is 14.7. The van der Waals surface area contributed by atoms with Gasteiger partial charge < -0.3 is 5.11 Å². The molecule has 1 aromatic rings. The monoisotopic (exact) mass is 249 g/mol. The van der Waals surface area contributed by atoms with E-state index in [1.165, 1.54) is 6.92 Å². The second-order valence-corrected chi connectivity index (χ2v) is 5.30. The van der Waals surface area contributed by atoms with Gasteiger partial charge in [-0.2, -0.15) is 0 Å². The van der Waals surface area contributed by atoms with Crippen LogP contribution in [0.1, 0.15) is 43.6 Å². The fourth-order valence-electron chi connectivity index (χ4n) is 1.85. The molecule has 0 radical (unpaired) electrons. The molecule has 1 aromatic carbocycles. The number of rotatable bonds is 5. The van der Waals surface area contributed by atoms with E-state index in [0.717, 1.165) is 5.56 Å². The lowest BCUT2D eigenvalue weighted by atomic mass is 10.0. The van der Waals surface area contributed by atoms with Gasteiger partial charge in [-0.25, -0.2) is 0 Å². The van der Waals surface area contributed by atoms with Crippen molar-refractivity contribution in [3.8, 4) is 5.75 Å². The fourth-order valence-corrected chi connectivity index (χ4v) is 1.85. The summed E-state index contributed by atoms with van der Waals surface area (Å²) < 4.78 is 0. The standard InChI is InChI=1S/C15H23NO2/c1-10(2)11(3)16(5)9-14-8-13(12(4)17)6-7-15(14)18/h6-8,10-11,18H,9H2,1-5H3. The summed E-state index contributed by atoms with van der Waals surface area (Å²) in [5, 5.41) is 9.85. The van der Waals surface area contributed by atoms with Crippen molar-refractivity contribution >= 4 is 5.78 Å². The van der Waals surface area contributed by atoms with Crippen LogP contribution in [0.25, 0.3) is 0 Å². The van der Waals surface area contributed by atoms with Crippen molar-refractivity contribution in [3.05, 3.63) is 29.3 Å². The lowest BCUT2D eigenvalue weighted by molar-refractivity contribution is 0.101. The fraction of sp³-hybridized carbons (Fsp3) is 0.533. The third-order valence-electron chi connectivity index (χ3n) is 3.57. The Morgan fingerprint density at radius 1 is 1.33 bits per heavy atom. The highest BCUT2D eigenvalue weighted by atomic mass is 16.3. The van der Waals surface area contributed by atoms with Crippen LogP contribution < -0.4 is 0 Å². The molecule has 0 saturated carbocycles. The Morgan fingerprint density at radius 3 is 2.44 bits per heavy atom. The van der Waals surface area contributed by atoms with Gasteiger partial charge in [-0.3, -0.25) is 9.69 Å². The Kier molecular flexibility index (Phi) is 4.91. The number of carbonyl (C=O) groups excluding carboxylic acids is 1. The minimum Gasteiger partial charge on any atom is -0.508 e. The van der Waals surface area contributed by atoms with E-state index in [1.54, 1.807) is 18.2 Å². The largest absolute Gasteiger partial charge is 0.508 e. The van der Waals surface area contributed by atoms with E-state index in [-0.39, 0.29) is 11.5 Å². The van der Waals surface area contributed by atoms with E-state index >= 15 is 0 Å². The molecule has 1 N–H and O–H groups in total. The third kappa shape index (κ3) is 3.57. The van der Waals surface area contributed by atoms with Crippen LogP contribution in [0.3, 0.4) is 0 Å². The molecular weight excluding hydrogens is 226 g/mol. The van der Waals surface area contributed by atoms with Gasteiger partial charge in [0.2, 0.25) is 0 Å². The Hall–Kier alpha value is -1.35. The molecule has 0 heterocycles. The number of hydrogen-bond acceptors (Lipinski definition) is 3. The Morgan fingerprint density at radius 2 is 1.94 bits per heavy atom. The van der Waals surface area contributed by atoms with E-state index in [9.17, 15) is 9.90 Å². The van der Waals surface area contributed by atoms with Crippen molar-refractivity contribution in [2.45, 2.75) is 40.3 Å². The first-order chi connectivity index (χ1) is 8.32. The molecule has 0 fully saturated rings. The number of carbonyl (C=O) groups is 1. The van der Waals surface area contributed by atoms with Gasteiger partial charge >= 0.3 is 0 Å². The number of hydrogen-bond donors (Lipinski definition) is 1. The van der Waals surface area contributed by atoms with Crippen molar-refractivity contribution in [1.82, 2.24) is 4.90 Å². The molecule has 18 heavy (non-hydrogen) atoms. The van der Waals surface area contributed by atoms with Crippen molar-refractivity contribution in [2.75, 3.05) is 7.05 Å². The summed E-state index contributed by atoms with van der Waals surface area (Å²) in [6.07, 6.45) is 0. The zero-order valence-electron chi connectivity index (χ0n) is 11.9. The van der Waals surface area contributed by atoms with Crippen LogP contribution in [0.4, 0.5) is 0 Å². The first-order valence-corrected chi connectivity index (χ1v) is 6.36. The highest BCUT2D eigenvalue weighted by molar-refractivity contribution is 5.94. The van der Waals surface area contributed by atoms with Gasteiger partial charge in [0, 0.05) is 23.7 Å². The number of benzene rings is 1. The van der Waals surface area contributed by atoms with E-state index in [0.29, 0.717) is 24.1 Å². The molecule has 0 aliphatic carbocycles. The molecule has 0 aromatic heterocycles. The number of aromatic hydroxyl groups is 1. The normalized spacial score (nSPS) is 13.1. The summed E-state index contributed by atoms with van der Waals surface area (Å²) in [5.41, 5.74) is 1.45. The van der Waals surface area contributed by atoms with E-state index < -0.39 is 0 Å². The third-order valence-corrected chi connectivity index (χ3v) is 3.57. The minimum absolute atomic E-state index is 0.0239. The van der Waals surface area contributed by atoms with Gasteiger partial charge in [-0.05, 0) is 45.0 Å². The molecule has 3 nitrogen and oxygen atoms in total. The highest BCUT2D eigenvalue weighted by Gasteiger charge is 2.15. The van der Waals surface area contributed by atoms with Crippen LogP contribution in [-0.4, -0.2) is 28.9 Å². The van der Waals surface area contributed by atoms with Crippen LogP contribution in [0.5, 0.6) is 5.75 Å². The minimum atomic E-state index is 0.0239. The van der Waals surface area contributed by atoms with Crippen LogP contribution in [0.2, 0.25) is 0 Å². The van der Waals surface area contributed by atoms with Crippen LogP contribution in [0, 0.1) is 5.92 Å². The quantitative estimate of drug-likeness (QED) is 0.815. The zero-order chi connectivity index (χ0) is 13.9. The molecule has 0 aliphatic rings. The van der Waals surface area contributed by atoms with E-state index in [1.807, 2.05) is 7.05 Å². The summed E-state index contributed by atoms with van der Waals surface area (Å²) in [6.45, 7) is 8.69. The lowest BCUT2D eigenvalue weighted by Crippen LogP contribution is -2.32. The maximum Gasteiger partial charge on any atom is 0.159 e. The number of ketones is 1. The number of Topliss-reactive ketones (excluding diaryl/α,β-unsaturated/α-hetero) is 1. The zero-order valence-corrected chi connectivity index (χ0v) is 11.9. The summed E-state index contributed by atoms with van der Waals surface area (Å²) in [4.78, 5) is 13.5. The molecular formula is C15H23NO2. The van der Waals surface area contributed by atoms with Crippen molar-refractivity contribution in [2.24, 2.45) is 5.92 Å². The first-order valence-electron chi connectivity index (χ1n) is 6.36. The molecule has 100 valence electrons. The van der Waals surface area contributed by atoms with Crippen molar-refractivity contribution < 1.29 is 9.90 Å². The van der Waals surface area contributed by atoms with Crippen LogP contribution in [0.15, 0.2) is 18.2 Å². The smallest absolute Gasteiger partial charge is 0.159 e. The van der Waals surface area contributed by atoms with Crippen LogP contribution >= 0.6 is 0 Å². The average molecular weight is 249 g/mol. The molecule has 0 amide bonds. The maximum atomic E-state index is 11.3. The van der Waals surface area contributed by atoms with Gasteiger partial charge in [0.05, 0.1) is 0 Å². The lowest BCUT2D eigenvalue weighted by Gasteiger charge is -2.28. The molecule has 1 unspecified atom stereocenters. The van der Waals surface area contributed by atoms with Crippen LogP contribution in [-0.2, 0) is 6.54 Å². The van der Waals surface area contributed by atoms with Gasteiger partial charge in [-0.1, -0.05) is 13.8 Å². The molecule has 0 spiro atoms. The Balaban J connectivity index is 2.89. The van der Waals surface area contributed by atoms with E-state index in [4.69, 9.17) is 0 Å². The summed E-state index contributed by atoms with van der Waals surface area (Å²) in [7, 11) is 2.03.